The lowest BCUT2D eigenvalue weighted by Crippen LogP contribution is -2.14. The van der Waals surface area contributed by atoms with E-state index in [2.05, 4.69) is 20.9 Å². The summed E-state index contributed by atoms with van der Waals surface area (Å²) in [7, 11) is -3.65. The summed E-state index contributed by atoms with van der Waals surface area (Å²) in [6, 6.07) is 10.3. The van der Waals surface area contributed by atoms with Crippen molar-refractivity contribution in [3.63, 3.8) is 0 Å². The zero-order chi connectivity index (χ0) is 15.2. The van der Waals surface area contributed by atoms with Crippen LogP contribution in [0.2, 0.25) is 0 Å². The lowest BCUT2D eigenvalue weighted by atomic mass is 10.2. The molecular formula is C15H13BrN2O2S. The van der Waals surface area contributed by atoms with Crippen molar-refractivity contribution in [1.29, 1.82) is 0 Å². The Hall–Kier alpha value is -1.66. The molecule has 0 amide bonds. The van der Waals surface area contributed by atoms with Crippen molar-refractivity contribution >= 4 is 37.0 Å². The predicted molar refractivity (Wildman–Crippen MR) is 85.9 cm³/mol. The van der Waals surface area contributed by atoms with E-state index in [-0.39, 0.29) is 4.90 Å². The number of hydrogen-bond acceptors (Lipinski definition) is 3. The molecule has 0 aliphatic heterocycles. The Morgan fingerprint density at radius 1 is 1.14 bits per heavy atom. The predicted octanol–water partition coefficient (Wildman–Crippen LogP) is 3.65. The summed E-state index contributed by atoms with van der Waals surface area (Å²) in [5.41, 5.74) is 2.05. The Balaban J connectivity index is 2.39. The van der Waals surface area contributed by atoms with Gasteiger partial charge in [-0.2, -0.15) is 0 Å². The standard InChI is InChI=1S/C15H13BrN2O2S/c1-10-11(2)18(15-14(10)8-12(16)9-17-15)21(19,20)13-6-4-3-5-7-13/h3-9H,1-2H3. The first-order chi connectivity index (χ1) is 9.93. The van der Waals surface area contributed by atoms with E-state index in [0.717, 1.165) is 15.4 Å². The van der Waals surface area contributed by atoms with Crippen LogP contribution in [0.1, 0.15) is 11.3 Å². The van der Waals surface area contributed by atoms with Gasteiger partial charge in [0, 0.05) is 21.7 Å². The van der Waals surface area contributed by atoms with Gasteiger partial charge in [0.05, 0.1) is 4.90 Å². The SMILES string of the molecule is Cc1c(C)n(S(=O)(=O)c2ccccc2)c2ncc(Br)cc12. The zero-order valence-electron chi connectivity index (χ0n) is 11.5. The monoisotopic (exact) mass is 364 g/mol. The van der Waals surface area contributed by atoms with Gasteiger partial charge in [0.2, 0.25) is 0 Å². The number of rotatable bonds is 2. The first-order valence-corrected chi connectivity index (χ1v) is 8.60. The van der Waals surface area contributed by atoms with E-state index in [4.69, 9.17) is 0 Å². The van der Waals surface area contributed by atoms with Gasteiger partial charge in [-0.05, 0) is 53.5 Å². The van der Waals surface area contributed by atoms with Gasteiger partial charge >= 0.3 is 0 Å². The number of fused-ring (bicyclic) bond motifs is 1. The van der Waals surface area contributed by atoms with Crippen LogP contribution in [0.15, 0.2) is 52.0 Å². The number of benzene rings is 1. The highest BCUT2D eigenvalue weighted by Crippen LogP contribution is 2.29. The summed E-state index contributed by atoms with van der Waals surface area (Å²) >= 11 is 3.37. The third-order valence-electron chi connectivity index (χ3n) is 3.56. The van der Waals surface area contributed by atoms with Crippen molar-refractivity contribution in [2.24, 2.45) is 0 Å². The minimum atomic E-state index is -3.65. The Labute approximate surface area is 131 Å². The Bertz CT molecular complexity index is 931. The van der Waals surface area contributed by atoms with Gasteiger partial charge in [-0.15, -0.1) is 0 Å². The Kier molecular flexibility index (Phi) is 3.37. The van der Waals surface area contributed by atoms with Gasteiger partial charge in [0.25, 0.3) is 10.0 Å². The average molecular weight is 365 g/mol. The molecule has 2 heterocycles. The fraction of sp³-hybridized carbons (Fsp3) is 0.133. The van der Waals surface area contributed by atoms with Crippen LogP contribution in [-0.2, 0) is 10.0 Å². The van der Waals surface area contributed by atoms with Crippen molar-refractivity contribution < 1.29 is 8.42 Å². The third-order valence-corrected chi connectivity index (χ3v) is 5.79. The molecule has 108 valence electrons. The van der Waals surface area contributed by atoms with E-state index in [1.165, 1.54) is 3.97 Å². The molecule has 0 saturated carbocycles. The molecule has 0 atom stereocenters. The van der Waals surface area contributed by atoms with E-state index >= 15 is 0 Å². The molecule has 2 aromatic heterocycles. The molecule has 0 fully saturated rings. The highest BCUT2D eigenvalue weighted by molar-refractivity contribution is 9.10. The maximum atomic E-state index is 12.9. The molecule has 3 aromatic rings. The molecule has 4 nitrogen and oxygen atoms in total. The highest BCUT2D eigenvalue weighted by atomic mass is 79.9. The molecular weight excluding hydrogens is 352 g/mol. The number of aryl methyl sites for hydroxylation is 1. The van der Waals surface area contributed by atoms with Crippen LogP contribution in [0.4, 0.5) is 0 Å². The minimum absolute atomic E-state index is 0.259. The first kappa shape index (κ1) is 14.3. The van der Waals surface area contributed by atoms with Crippen LogP contribution in [0.5, 0.6) is 0 Å². The summed E-state index contributed by atoms with van der Waals surface area (Å²) in [6.07, 6.45) is 1.61. The maximum Gasteiger partial charge on any atom is 0.269 e. The van der Waals surface area contributed by atoms with Crippen LogP contribution >= 0.6 is 15.9 Å². The van der Waals surface area contributed by atoms with Crippen LogP contribution in [0.3, 0.4) is 0 Å². The van der Waals surface area contributed by atoms with Crippen molar-refractivity contribution in [1.82, 2.24) is 8.96 Å². The fourth-order valence-electron chi connectivity index (χ4n) is 2.37. The fourth-order valence-corrected chi connectivity index (χ4v) is 4.28. The Morgan fingerprint density at radius 2 is 1.81 bits per heavy atom. The zero-order valence-corrected chi connectivity index (χ0v) is 13.9. The lowest BCUT2D eigenvalue weighted by molar-refractivity contribution is 0.587. The summed E-state index contributed by atoms with van der Waals surface area (Å²) in [4.78, 5) is 4.55. The molecule has 1 aromatic carbocycles. The second kappa shape index (κ2) is 4.96. The van der Waals surface area contributed by atoms with Crippen LogP contribution in [0.25, 0.3) is 11.0 Å². The molecule has 0 saturated heterocycles. The molecule has 0 spiro atoms. The van der Waals surface area contributed by atoms with E-state index in [1.807, 2.05) is 13.0 Å². The molecule has 0 aliphatic rings. The van der Waals surface area contributed by atoms with Gasteiger partial charge in [-0.25, -0.2) is 17.4 Å². The number of aromatic nitrogens is 2. The van der Waals surface area contributed by atoms with Crippen molar-refractivity contribution in [2.45, 2.75) is 18.7 Å². The van der Waals surface area contributed by atoms with E-state index < -0.39 is 10.0 Å². The van der Waals surface area contributed by atoms with Gasteiger partial charge in [0.1, 0.15) is 0 Å². The minimum Gasteiger partial charge on any atom is -0.236 e. The normalized spacial score (nSPS) is 12.0. The van der Waals surface area contributed by atoms with Gasteiger partial charge < -0.3 is 0 Å². The van der Waals surface area contributed by atoms with Gasteiger partial charge in [0.15, 0.2) is 5.65 Å². The van der Waals surface area contributed by atoms with Crippen LogP contribution < -0.4 is 0 Å². The van der Waals surface area contributed by atoms with E-state index in [1.54, 1.807) is 43.5 Å². The lowest BCUT2D eigenvalue weighted by Gasteiger charge is -2.09. The average Bonchev–Trinajstić information content (AvgIpc) is 2.72. The topological polar surface area (TPSA) is 52.0 Å². The molecule has 0 aliphatic carbocycles. The number of nitrogens with zero attached hydrogens (tertiary/aromatic N) is 2. The van der Waals surface area contributed by atoms with Crippen molar-refractivity contribution in [3.8, 4) is 0 Å². The molecule has 0 N–H and O–H groups in total. The molecule has 0 radical (unpaired) electrons. The number of pyridine rings is 1. The molecule has 6 heteroatoms. The first-order valence-electron chi connectivity index (χ1n) is 6.36. The van der Waals surface area contributed by atoms with Gasteiger partial charge in [-0.3, -0.25) is 0 Å². The van der Waals surface area contributed by atoms with E-state index in [9.17, 15) is 8.42 Å². The van der Waals surface area contributed by atoms with Crippen LogP contribution in [-0.4, -0.2) is 17.4 Å². The summed E-state index contributed by atoms with van der Waals surface area (Å²) in [5.74, 6) is 0. The highest BCUT2D eigenvalue weighted by Gasteiger charge is 2.24. The second-order valence-corrected chi connectivity index (χ2v) is 7.52. The van der Waals surface area contributed by atoms with Gasteiger partial charge in [-0.1, -0.05) is 18.2 Å². The molecule has 0 bridgehead atoms. The summed E-state index contributed by atoms with van der Waals surface area (Å²) in [6.45, 7) is 3.70. The van der Waals surface area contributed by atoms with Crippen molar-refractivity contribution in [3.05, 3.63) is 58.3 Å². The quantitative estimate of drug-likeness (QED) is 0.697. The van der Waals surface area contributed by atoms with Crippen molar-refractivity contribution in [2.75, 3.05) is 0 Å². The smallest absolute Gasteiger partial charge is 0.236 e. The molecule has 0 unspecified atom stereocenters. The largest absolute Gasteiger partial charge is 0.269 e. The Morgan fingerprint density at radius 3 is 2.48 bits per heavy atom. The number of halogens is 1. The third kappa shape index (κ3) is 2.18. The number of hydrogen-bond donors (Lipinski definition) is 0. The summed E-state index contributed by atoms with van der Waals surface area (Å²) < 4.78 is 27.9. The van der Waals surface area contributed by atoms with Crippen LogP contribution in [0, 0.1) is 13.8 Å². The summed E-state index contributed by atoms with van der Waals surface area (Å²) in [5, 5.41) is 0.835. The maximum absolute atomic E-state index is 12.9. The molecule has 21 heavy (non-hydrogen) atoms. The second-order valence-electron chi connectivity index (χ2n) is 4.82. The molecule has 3 rings (SSSR count). The van der Waals surface area contributed by atoms with E-state index in [0.29, 0.717) is 11.3 Å².